The zero-order valence-corrected chi connectivity index (χ0v) is 15.8. The van der Waals surface area contributed by atoms with Gasteiger partial charge in [0.15, 0.2) is 12.3 Å². The minimum Gasteiger partial charge on any atom is -0.451 e. The van der Waals surface area contributed by atoms with Crippen molar-refractivity contribution in [2.75, 3.05) is 19.7 Å². The summed E-state index contributed by atoms with van der Waals surface area (Å²) in [5.74, 6) is -1.03. The molecule has 1 heterocycles. The van der Waals surface area contributed by atoms with Crippen molar-refractivity contribution in [1.29, 1.82) is 0 Å². The Kier molecular flexibility index (Phi) is 5.84. The van der Waals surface area contributed by atoms with E-state index in [9.17, 15) is 14.4 Å². The number of likely N-dealkylation sites (N-methyl/N-ethyl adjacent to an activating group) is 1. The first-order chi connectivity index (χ1) is 13.6. The fraction of sp³-hybridized carbons (Fsp3) is 0.238. The quantitative estimate of drug-likeness (QED) is 0.615. The maximum Gasteiger partial charge on any atom is 0.359 e. The molecule has 0 saturated heterocycles. The van der Waals surface area contributed by atoms with E-state index in [1.54, 1.807) is 53.4 Å². The first-order valence-corrected chi connectivity index (χ1v) is 9.09. The zero-order valence-electron chi connectivity index (χ0n) is 15.8. The van der Waals surface area contributed by atoms with Gasteiger partial charge in [-0.05, 0) is 32.0 Å². The van der Waals surface area contributed by atoms with Gasteiger partial charge in [-0.3, -0.25) is 9.59 Å². The lowest BCUT2D eigenvalue weighted by Crippen LogP contribution is -2.34. The summed E-state index contributed by atoms with van der Waals surface area (Å²) in [7, 11) is 0. The summed E-state index contributed by atoms with van der Waals surface area (Å²) < 4.78 is 6.38. The molecule has 0 unspecified atom stereocenters. The largest absolute Gasteiger partial charge is 0.451 e. The lowest BCUT2D eigenvalue weighted by Gasteiger charge is -2.18. The van der Waals surface area contributed by atoms with Gasteiger partial charge >= 0.3 is 5.97 Å². The fourth-order valence-electron chi connectivity index (χ4n) is 2.95. The van der Waals surface area contributed by atoms with Crippen LogP contribution in [0.25, 0.3) is 16.5 Å². The number of carbonyl (C=O) groups excluding carboxylic acids is 2. The normalized spacial score (nSPS) is 10.6. The van der Waals surface area contributed by atoms with Crippen LogP contribution in [0.15, 0.2) is 59.4 Å². The molecule has 0 spiro atoms. The zero-order chi connectivity index (χ0) is 20.1. The number of rotatable bonds is 6. The van der Waals surface area contributed by atoms with Crippen molar-refractivity contribution in [3.63, 3.8) is 0 Å². The van der Waals surface area contributed by atoms with Crippen molar-refractivity contribution in [2.24, 2.45) is 0 Å². The van der Waals surface area contributed by atoms with Crippen LogP contribution < -0.4 is 5.56 Å². The second-order valence-corrected chi connectivity index (χ2v) is 6.09. The summed E-state index contributed by atoms with van der Waals surface area (Å²) in [6.45, 7) is 4.41. The summed E-state index contributed by atoms with van der Waals surface area (Å²) in [5, 5.41) is 4.98. The van der Waals surface area contributed by atoms with Crippen LogP contribution in [0.5, 0.6) is 0 Å². The summed E-state index contributed by atoms with van der Waals surface area (Å²) >= 11 is 0. The van der Waals surface area contributed by atoms with Crippen LogP contribution in [0, 0.1) is 0 Å². The van der Waals surface area contributed by atoms with Gasteiger partial charge in [-0.15, -0.1) is 0 Å². The van der Waals surface area contributed by atoms with Crippen LogP contribution in [0.2, 0.25) is 0 Å². The SMILES string of the molecule is CCN(CC)C(=O)COC(=O)c1nn(-c2ccccc2)c(=O)c2ccccc12. The molecule has 0 N–H and O–H groups in total. The van der Waals surface area contributed by atoms with Crippen LogP contribution in [0.4, 0.5) is 0 Å². The highest BCUT2D eigenvalue weighted by molar-refractivity contribution is 6.02. The Labute approximate surface area is 162 Å². The monoisotopic (exact) mass is 379 g/mol. The fourth-order valence-corrected chi connectivity index (χ4v) is 2.95. The molecule has 3 rings (SSSR count). The van der Waals surface area contributed by atoms with Crippen molar-refractivity contribution in [3.05, 3.63) is 70.6 Å². The smallest absolute Gasteiger partial charge is 0.359 e. The molecule has 7 nitrogen and oxygen atoms in total. The summed E-state index contributed by atoms with van der Waals surface area (Å²) in [4.78, 5) is 39.2. The van der Waals surface area contributed by atoms with Crippen LogP contribution in [0.1, 0.15) is 24.3 Å². The lowest BCUT2D eigenvalue weighted by molar-refractivity contribution is -0.134. The first kappa shape index (κ1) is 19.3. The van der Waals surface area contributed by atoms with Crippen LogP contribution in [-0.4, -0.2) is 46.3 Å². The number of esters is 1. The van der Waals surface area contributed by atoms with E-state index in [0.717, 1.165) is 0 Å². The van der Waals surface area contributed by atoms with Crippen LogP contribution >= 0.6 is 0 Å². The van der Waals surface area contributed by atoms with Crippen molar-refractivity contribution in [1.82, 2.24) is 14.7 Å². The Morgan fingerprint density at radius 2 is 1.57 bits per heavy atom. The van der Waals surface area contributed by atoms with Crippen molar-refractivity contribution < 1.29 is 14.3 Å². The highest BCUT2D eigenvalue weighted by Crippen LogP contribution is 2.16. The van der Waals surface area contributed by atoms with E-state index in [0.29, 0.717) is 29.5 Å². The van der Waals surface area contributed by atoms with Gasteiger partial charge in [-0.2, -0.15) is 9.78 Å². The van der Waals surface area contributed by atoms with E-state index in [2.05, 4.69) is 5.10 Å². The van der Waals surface area contributed by atoms with E-state index < -0.39 is 5.97 Å². The Balaban J connectivity index is 2.01. The van der Waals surface area contributed by atoms with Gasteiger partial charge in [-0.1, -0.05) is 36.4 Å². The second kappa shape index (κ2) is 8.47. The van der Waals surface area contributed by atoms with Gasteiger partial charge in [0.05, 0.1) is 11.1 Å². The molecule has 0 bridgehead atoms. The molecule has 1 amide bonds. The third-order valence-electron chi connectivity index (χ3n) is 4.44. The molecular weight excluding hydrogens is 358 g/mol. The molecule has 1 aromatic heterocycles. The standard InChI is InChI=1S/C21H21N3O4/c1-3-23(4-2)18(25)14-28-21(27)19-16-12-8-9-13-17(16)20(26)24(22-19)15-10-6-5-7-11-15/h5-13H,3-4,14H2,1-2H3. The maximum atomic E-state index is 12.8. The summed E-state index contributed by atoms with van der Waals surface area (Å²) in [5.41, 5.74) is 0.190. The molecule has 0 atom stereocenters. The van der Waals surface area contributed by atoms with Crippen LogP contribution in [-0.2, 0) is 9.53 Å². The number of amides is 1. The van der Waals surface area contributed by atoms with Crippen LogP contribution in [0.3, 0.4) is 0 Å². The maximum absolute atomic E-state index is 12.8. The number of hydrogen-bond acceptors (Lipinski definition) is 5. The number of para-hydroxylation sites is 1. The van der Waals surface area contributed by atoms with Crippen molar-refractivity contribution >= 4 is 22.6 Å². The molecule has 28 heavy (non-hydrogen) atoms. The predicted molar refractivity (Wildman–Crippen MR) is 106 cm³/mol. The number of benzene rings is 2. The Morgan fingerprint density at radius 1 is 0.964 bits per heavy atom. The number of ether oxygens (including phenoxy) is 1. The number of hydrogen-bond donors (Lipinski definition) is 0. The van der Waals surface area contributed by atoms with E-state index >= 15 is 0 Å². The summed E-state index contributed by atoms with van der Waals surface area (Å²) in [6, 6.07) is 15.5. The minimum atomic E-state index is -0.749. The molecule has 2 aromatic carbocycles. The number of nitrogens with zero attached hydrogens (tertiary/aromatic N) is 3. The van der Waals surface area contributed by atoms with E-state index in [1.807, 2.05) is 19.9 Å². The van der Waals surface area contributed by atoms with Gasteiger partial charge in [0.25, 0.3) is 11.5 Å². The molecule has 0 fully saturated rings. The third kappa shape index (κ3) is 3.78. The van der Waals surface area contributed by atoms with E-state index in [-0.39, 0.29) is 23.8 Å². The van der Waals surface area contributed by atoms with Crippen molar-refractivity contribution in [3.8, 4) is 5.69 Å². The second-order valence-electron chi connectivity index (χ2n) is 6.09. The highest BCUT2D eigenvalue weighted by atomic mass is 16.5. The van der Waals surface area contributed by atoms with Gasteiger partial charge in [0.1, 0.15) is 0 Å². The molecule has 3 aromatic rings. The molecule has 0 aliphatic carbocycles. The Hall–Kier alpha value is -3.48. The topological polar surface area (TPSA) is 81.5 Å². The Bertz CT molecular complexity index is 1060. The van der Waals surface area contributed by atoms with E-state index in [4.69, 9.17) is 4.74 Å². The van der Waals surface area contributed by atoms with Gasteiger partial charge in [-0.25, -0.2) is 4.79 Å². The molecule has 7 heteroatoms. The Morgan fingerprint density at radius 3 is 2.21 bits per heavy atom. The lowest BCUT2D eigenvalue weighted by atomic mass is 10.1. The molecule has 0 radical (unpaired) electrons. The van der Waals surface area contributed by atoms with Gasteiger partial charge < -0.3 is 9.64 Å². The first-order valence-electron chi connectivity index (χ1n) is 9.09. The average molecular weight is 379 g/mol. The molecular formula is C21H21N3O4. The molecule has 0 saturated carbocycles. The predicted octanol–water partition coefficient (Wildman–Crippen LogP) is 2.41. The number of fused-ring (bicyclic) bond motifs is 1. The number of aromatic nitrogens is 2. The van der Waals surface area contributed by atoms with Gasteiger partial charge in [0.2, 0.25) is 0 Å². The minimum absolute atomic E-state index is 0.00796. The van der Waals surface area contributed by atoms with Gasteiger partial charge in [0, 0.05) is 18.5 Å². The number of carbonyl (C=O) groups is 2. The molecule has 0 aliphatic heterocycles. The summed E-state index contributed by atoms with van der Waals surface area (Å²) in [6.07, 6.45) is 0. The molecule has 144 valence electrons. The third-order valence-corrected chi connectivity index (χ3v) is 4.44. The van der Waals surface area contributed by atoms with Crippen molar-refractivity contribution in [2.45, 2.75) is 13.8 Å². The highest BCUT2D eigenvalue weighted by Gasteiger charge is 2.20. The van der Waals surface area contributed by atoms with E-state index in [1.165, 1.54) is 4.68 Å². The average Bonchev–Trinajstić information content (AvgIpc) is 2.74. The molecule has 0 aliphatic rings.